The average Bonchev–Trinajstić information content (AvgIpc) is 2.17. The van der Waals surface area contributed by atoms with Gasteiger partial charge in [0.2, 0.25) is 0 Å². The van der Waals surface area contributed by atoms with Crippen LogP contribution in [0.1, 0.15) is 40.5 Å². The van der Waals surface area contributed by atoms with E-state index in [0.717, 1.165) is 19.6 Å². The molecule has 0 aliphatic heterocycles. The average molecular weight is 212 g/mol. The number of rotatable bonds is 9. The van der Waals surface area contributed by atoms with Crippen molar-refractivity contribution in [2.24, 2.45) is 0 Å². The van der Waals surface area contributed by atoms with Crippen molar-refractivity contribution in [2.75, 3.05) is 26.2 Å². The van der Waals surface area contributed by atoms with E-state index in [1.807, 2.05) is 0 Å². The van der Waals surface area contributed by atoms with Crippen molar-refractivity contribution in [2.45, 2.75) is 46.6 Å². The lowest BCUT2D eigenvalue weighted by molar-refractivity contribution is 0.240. The van der Waals surface area contributed by atoms with Crippen LogP contribution in [0.3, 0.4) is 0 Å². The van der Waals surface area contributed by atoms with Gasteiger partial charge in [-0.1, -0.05) is 20.4 Å². The molecule has 0 aliphatic rings. The minimum Gasteiger partial charge on any atom is -0.313 e. The maximum absolute atomic E-state index is 4.13. The normalized spacial score (nSPS) is 11.3. The van der Waals surface area contributed by atoms with E-state index in [0.29, 0.717) is 6.04 Å². The van der Waals surface area contributed by atoms with Crippen LogP contribution >= 0.6 is 0 Å². The molecule has 0 saturated carbocycles. The zero-order valence-corrected chi connectivity index (χ0v) is 11.0. The molecule has 0 rings (SSSR count). The van der Waals surface area contributed by atoms with Crippen molar-refractivity contribution >= 4 is 0 Å². The predicted octanol–water partition coefficient (Wildman–Crippen LogP) is 2.66. The Hall–Kier alpha value is -0.340. The first-order valence-corrected chi connectivity index (χ1v) is 6.23. The van der Waals surface area contributed by atoms with E-state index in [9.17, 15) is 0 Å². The maximum Gasteiger partial charge on any atom is 0.0205 e. The van der Waals surface area contributed by atoms with Crippen LogP contribution in [0.4, 0.5) is 0 Å². The highest BCUT2D eigenvalue weighted by Gasteiger charge is 2.08. The molecular weight excluding hydrogens is 184 g/mol. The monoisotopic (exact) mass is 212 g/mol. The van der Waals surface area contributed by atoms with E-state index >= 15 is 0 Å². The van der Waals surface area contributed by atoms with Crippen LogP contribution in [0.2, 0.25) is 0 Å². The molecular formula is C13H28N2. The highest BCUT2D eigenvalue weighted by Crippen LogP contribution is 2.03. The summed E-state index contributed by atoms with van der Waals surface area (Å²) in [5, 5.41) is 3.40. The van der Waals surface area contributed by atoms with Crippen LogP contribution in [-0.4, -0.2) is 37.1 Å². The second-order valence-electron chi connectivity index (χ2n) is 4.49. The minimum absolute atomic E-state index is 0.618. The van der Waals surface area contributed by atoms with Gasteiger partial charge in [0.05, 0.1) is 0 Å². The Balaban J connectivity index is 3.78. The molecule has 0 fully saturated rings. The van der Waals surface area contributed by atoms with Crippen molar-refractivity contribution in [3.05, 3.63) is 12.2 Å². The second kappa shape index (κ2) is 8.93. The van der Waals surface area contributed by atoms with E-state index in [1.54, 1.807) is 0 Å². The van der Waals surface area contributed by atoms with Crippen molar-refractivity contribution in [1.82, 2.24) is 10.2 Å². The van der Waals surface area contributed by atoms with Gasteiger partial charge in [-0.15, -0.1) is 0 Å². The zero-order valence-electron chi connectivity index (χ0n) is 11.0. The Morgan fingerprint density at radius 1 is 1.27 bits per heavy atom. The molecule has 0 unspecified atom stereocenters. The molecule has 0 atom stereocenters. The second-order valence-corrected chi connectivity index (χ2v) is 4.49. The maximum atomic E-state index is 4.13. The summed E-state index contributed by atoms with van der Waals surface area (Å²) in [4.78, 5) is 2.48. The van der Waals surface area contributed by atoms with Crippen LogP contribution in [0.5, 0.6) is 0 Å². The van der Waals surface area contributed by atoms with Gasteiger partial charge in [0.1, 0.15) is 0 Å². The van der Waals surface area contributed by atoms with Gasteiger partial charge in [-0.25, -0.2) is 0 Å². The Kier molecular flexibility index (Phi) is 8.73. The lowest BCUT2D eigenvalue weighted by Gasteiger charge is -2.26. The van der Waals surface area contributed by atoms with E-state index in [2.05, 4.69) is 44.5 Å². The third-order valence-electron chi connectivity index (χ3n) is 2.47. The topological polar surface area (TPSA) is 15.3 Å². The summed E-state index contributed by atoms with van der Waals surface area (Å²) in [6.07, 6.45) is 2.41. The van der Waals surface area contributed by atoms with Crippen LogP contribution in [-0.2, 0) is 0 Å². The zero-order chi connectivity index (χ0) is 11.7. The number of nitrogens with zero attached hydrogens (tertiary/aromatic N) is 1. The summed E-state index contributed by atoms with van der Waals surface area (Å²) in [6, 6.07) is 0.618. The van der Waals surface area contributed by atoms with Gasteiger partial charge in [0.25, 0.3) is 0 Å². The number of hydrogen-bond donors (Lipinski definition) is 1. The van der Waals surface area contributed by atoms with Gasteiger partial charge < -0.3 is 5.32 Å². The molecule has 1 N–H and O–H groups in total. The third-order valence-corrected chi connectivity index (χ3v) is 2.47. The summed E-state index contributed by atoms with van der Waals surface area (Å²) < 4.78 is 0. The molecule has 0 radical (unpaired) electrons. The largest absolute Gasteiger partial charge is 0.313 e. The third kappa shape index (κ3) is 7.57. The highest BCUT2D eigenvalue weighted by molar-refractivity contribution is 5.00. The molecule has 90 valence electrons. The summed E-state index contributed by atoms with van der Waals surface area (Å²) in [5.74, 6) is 0. The van der Waals surface area contributed by atoms with Crippen LogP contribution in [0.25, 0.3) is 0 Å². The lowest BCUT2D eigenvalue weighted by atomic mass is 10.2. The fourth-order valence-electron chi connectivity index (χ4n) is 1.59. The van der Waals surface area contributed by atoms with Gasteiger partial charge >= 0.3 is 0 Å². The first-order chi connectivity index (χ1) is 7.11. The molecule has 0 aromatic heterocycles. The first-order valence-electron chi connectivity index (χ1n) is 6.23. The van der Waals surface area contributed by atoms with Gasteiger partial charge in [0.15, 0.2) is 0 Å². The lowest BCUT2D eigenvalue weighted by Crippen LogP contribution is -2.35. The molecule has 0 aliphatic carbocycles. The van der Waals surface area contributed by atoms with Crippen molar-refractivity contribution in [1.29, 1.82) is 0 Å². The van der Waals surface area contributed by atoms with Crippen molar-refractivity contribution in [3.8, 4) is 0 Å². The molecule has 15 heavy (non-hydrogen) atoms. The van der Waals surface area contributed by atoms with Gasteiger partial charge in [-0.2, -0.15) is 0 Å². The Morgan fingerprint density at radius 3 is 2.40 bits per heavy atom. The van der Waals surface area contributed by atoms with Gasteiger partial charge in [-0.3, -0.25) is 4.90 Å². The van der Waals surface area contributed by atoms with Gasteiger partial charge in [-0.05, 0) is 45.4 Å². The Bertz CT molecular complexity index is 164. The molecule has 0 saturated heterocycles. The van der Waals surface area contributed by atoms with E-state index in [4.69, 9.17) is 0 Å². The first kappa shape index (κ1) is 14.7. The summed E-state index contributed by atoms with van der Waals surface area (Å²) in [6.45, 7) is 17.3. The van der Waals surface area contributed by atoms with Gasteiger partial charge in [0, 0.05) is 19.1 Å². The van der Waals surface area contributed by atoms with E-state index < -0.39 is 0 Å². The predicted molar refractivity (Wildman–Crippen MR) is 69.3 cm³/mol. The SMILES string of the molecule is C=C(CNCCC)CN(CCC)C(C)C. The van der Waals surface area contributed by atoms with E-state index in [1.165, 1.54) is 25.0 Å². The summed E-state index contributed by atoms with van der Waals surface area (Å²) in [7, 11) is 0. The standard InChI is InChI=1S/C13H28N2/c1-6-8-14-10-13(5)11-15(9-7-2)12(3)4/h12,14H,5-11H2,1-4H3. The molecule has 0 amide bonds. The quantitative estimate of drug-likeness (QED) is 0.467. The summed E-state index contributed by atoms with van der Waals surface area (Å²) >= 11 is 0. The smallest absolute Gasteiger partial charge is 0.0205 e. The molecule has 0 aromatic carbocycles. The minimum atomic E-state index is 0.618. The van der Waals surface area contributed by atoms with Crippen molar-refractivity contribution < 1.29 is 0 Å². The fraction of sp³-hybridized carbons (Fsp3) is 0.846. The summed E-state index contributed by atoms with van der Waals surface area (Å²) in [5.41, 5.74) is 1.30. The Morgan fingerprint density at radius 2 is 1.93 bits per heavy atom. The van der Waals surface area contributed by atoms with Crippen LogP contribution in [0.15, 0.2) is 12.2 Å². The molecule has 2 heteroatoms. The van der Waals surface area contributed by atoms with Crippen LogP contribution < -0.4 is 5.32 Å². The van der Waals surface area contributed by atoms with Crippen LogP contribution in [0, 0.1) is 0 Å². The fourth-order valence-corrected chi connectivity index (χ4v) is 1.59. The molecule has 2 nitrogen and oxygen atoms in total. The molecule has 0 heterocycles. The molecule has 0 aromatic rings. The highest BCUT2D eigenvalue weighted by atomic mass is 15.1. The van der Waals surface area contributed by atoms with E-state index in [-0.39, 0.29) is 0 Å². The number of hydrogen-bond acceptors (Lipinski definition) is 2. The number of nitrogens with one attached hydrogen (secondary N) is 1. The molecule has 0 bridgehead atoms. The molecule has 0 spiro atoms. The Labute approximate surface area is 95.7 Å². The van der Waals surface area contributed by atoms with Crippen molar-refractivity contribution in [3.63, 3.8) is 0 Å².